The van der Waals surface area contributed by atoms with Crippen LogP contribution < -0.4 is 0 Å². The van der Waals surface area contributed by atoms with Crippen molar-refractivity contribution in [1.29, 1.82) is 0 Å². The van der Waals surface area contributed by atoms with E-state index in [2.05, 4.69) is 0 Å². The number of aromatic nitrogens is 1. The Bertz CT molecular complexity index is 1050. The van der Waals surface area contributed by atoms with Gasteiger partial charge in [-0.3, -0.25) is 0 Å². The maximum absolute atomic E-state index is 11.9. The van der Waals surface area contributed by atoms with E-state index < -0.39 is 23.8 Å². The molecule has 1 aromatic heterocycles. The predicted octanol–water partition coefficient (Wildman–Crippen LogP) is 7.13. The molecule has 0 aliphatic heterocycles. The quantitative estimate of drug-likeness (QED) is 0.249. The average molecular weight is 564 g/mol. The van der Waals surface area contributed by atoms with E-state index in [1.807, 2.05) is 116 Å². The van der Waals surface area contributed by atoms with Crippen LogP contribution in [0.1, 0.15) is 23.1 Å². The van der Waals surface area contributed by atoms with Crippen molar-refractivity contribution in [3.05, 3.63) is 132 Å². The van der Waals surface area contributed by atoms with Gasteiger partial charge in [-0.2, -0.15) is 5.10 Å². The molecular weight excluding hydrogens is 542 g/mol. The van der Waals surface area contributed by atoms with Gasteiger partial charge in [-0.1, -0.05) is 91.0 Å². The van der Waals surface area contributed by atoms with Gasteiger partial charge in [-0.15, -0.1) is 0 Å². The normalized spacial score (nSPS) is 11.4. The molecule has 4 rings (SSSR count). The van der Waals surface area contributed by atoms with Gasteiger partial charge in [0.1, 0.15) is 5.60 Å². The Hall–Kier alpha value is -1.68. The molecule has 0 amide bonds. The van der Waals surface area contributed by atoms with Crippen molar-refractivity contribution in [1.82, 2.24) is 4.68 Å². The Labute approximate surface area is 207 Å². The predicted molar refractivity (Wildman–Crippen MR) is 131 cm³/mol. The van der Waals surface area contributed by atoms with Crippen LogP contribution in [0, 0.1) is 0 Å². The molecule has 3 nitrogen and oxygen atoms in total. The van der Waals surface area contributed by atoms with Gasteiger partial charge >= 0.3 is 43.7 Å². The molecule has 0 atom stereocenters. The van der Waals surface area contributed by atoms with Crippen molar-refractivity contribution in [3.63, 3.8) is 0 Å². The molecule has 163 valence electrons. The summed E-state index contributed by atoms with van der Waals surface area (Å²) in [5, 5.41) is 16.7. The van der Waals surface area contributed by atoms with E-state index in [1.165, 1.54) is 0 Å². The van der Waals surface area contributed by atoms with Crippen molar-refractivity contribution >= 4 is 31.3 Å². The standard InChI is InChI=1S/C25H22N2O.3ClH.Zr/c28-25(22-14-6-2-7-15-22,23-16-8-3-9-17-23)20-24(21-12-4-1-5-13-21)26-27-18-10-11-19-27;;;;/h1-19,28H,20H2;3*1H;/q;;;;+3/p-3/b26-24-;;;;. The van der Waals surface area contributed by atoms with Crippen molar-refractivity contribution in [2.24, 2.45) is 5.10 Å². The maximum atomic E-state index is 11.9. The first kappa shape index (κ1) is 25.0. The van der Waals surface area contributed by atoms with E-state index in [1.54, 1.807) is 4.68 Å². The molecule has 0 saturated carbocycles. The first-order chi connectivity index (χ1) is 15.5. The summed E-state index contributed by atoms with van der Waals surface area (Å²) in [4.78, 5) is 0. The third-order valence-corrected chi connectivity index (χ3v) is 4.86. The zero-order chi connectivity index (χ0) is 22.8. The van der Waals surface area contributed by atoms with Gasteiger partial charge in [0.2, 0.25) is 0 Å². The van der Waals surface area contributed by atoms with E-state index in [-0.39, 0.29) is 0 Å². The molecule has 7 heteroatoms. The Morgan fingerprint density at radius 1 is 0.719 bits per heavy atom. The number of rotatable bonds is 6. The first-order valence-corrected chi connectivity index (χ1v) is 19.4. The number of benzene rings is 3. The van der Waals surface area contributed by atoms with Crippen LogP contribution >= 0.6 is 25.5 Å². The molecule has 0 unspecified atom stereocenters. The van der Waals surface area contributed by atoms with Crippen LogP contribution in [0.5, 0.6) is 0 Å². The van der Waals surface area contributed by atoms with E-state index in [0.717, 1.165) is 22.4 Å². The summed E-state index contributed by atoms with van der Waals surface area (Å²) in [7, 11) is 15.0. The molecule has 4 aromatic rings. The number of nitrogens with zero attached hydrogens (tertiary/aromatic N) is 2. The van der Waals surface area contributed by atoms with Crippen molar-refractivity contribution in [3.8, 4) is 0 Å². The second kappa shape index (κ2) is 12.5. The minimum atomic E-state index is -2.13. The second-order valence-corrected chi connectivity index (χ2v) is 18.2. The van der Waals surface area contributed by atoms with Crippen LogP contribution in [0.25, 0.3) is 0 Å². The zero-order valence-corrected chi connectivity index (χ0v) is 21.9. The van der Waals surface area contributed by atoms with Crippen molar-refractivity contribution < 1.29 is 23.3 Å². The summed E-state index contributed by atoms with van der Waals surface area (Å²) in [5.74, 6) is 0. The summed E-state index contributed by atoms with van der Waals surface area (Å²) < 4.78 is 1.78. The summed E-state index contributed by atoms with van der Waals surface area (Å²) >= 11 is -2.13. The van der Waals surface area contributed by atoms with Gasteiger partial charge in [0.05, 0.1) is 5.71 Å². The third-order valence-electron chi connectivity index (χ3n) is 4.86. The Morgan fingerprint density at radius 2 is 1.12 bits per heavy atom. The van der Waals surface area contributed by atoms with E-state index in [0.29, 0.717) is 6.42 Å². The summed E-state index contributed by atoms with van der Waals surface area (Å²) in [5.41, 5.74) is 2.30. The van der Waals surface area contributed by atoms with E-state index >= 15 is 0 Å². The Balaban J connectivity index is 0.000000668. The molecule has 1 N–H and O–H groups in total. The van der Waals surface area contributed by atoms with Crippen LogP contribution in [0.2, 0.25) is 0 Å². The molecule has 3 aromatic carbocycles. The first-order valence-electron chi connectivity index (χ1n) is 9.92. The topological polar surface area (TPSA) is 37.5 Å². The van der Waals surface area contributed by atoms with Crippen molar-refractivity contribution in [2.75, 3.05) is 0 Å². The van der Waals surface area contributed by atoms with E-state index in [4.69, 9.17) is 30.6 Å². The Kier molecular flexibility index (Phi) is 9.77. The average Bonchev–Trinajstić information content (AvgIpc) is 3.33. The Morgan fingerprint density at radius 3 is 1.56 bits per heavy atom. The molecule has 0 fully saturated rings. The number of aliphatic hydroxyl groups is 1. The SMILES string of the molecule is OC(C/C(=N/n1cccc1)c1ccccc1)(c1ccccc1)c1ccccc1.[Cl][Zr]([Cl])[Cl]. The van der Waals surface area contributed by atoms with Crippen LogP contribution in [-0.2, 0) is 23.8 Å². The fraction of sp³-hybridized carbons (Fsp3) is 0.0800. The van der Waals surface area contributed by atoms with Gasteiger partial charge in [0.25, 0.3) is 0 Å². The molecule has 0 radical (unpaired) electrons. The summed E-state index contributed by atoms with van der Waals surface area (Å²) in [6.45, 7) is 0. The fourth-order valence-corrected chi connectivity index (χ4v) is 3.40. The third kappa shape index (κ3) is 7.17. The molecule has 0 saturated heterocycles. The van der Waals surface area contributed by atoms with Gasteiger partial charge in [0, 0.05) is 18.8 Å². The van der Waals surface area contributed by atoms with E-state index in [9.17, 15) is 5.11 Å². The minimum absolute atomic E-state index is 0.350. The summed E-state index contributed by atoms with van der Waals surface area (Å²) in [6.07, 6.45) is 4.14. The number of halogens is 3. The fourth-order valence-electron chi connectivity index (χ4n) is 3.40. The summed E-state index contributed by atoms with van der Waals surface area (Å²) in [6, 6.07) is 33.5. The van der Waals surface area contributed by atoms with Crippen LogP contribution in [-0.4, -0.2) is 15.5 Å². The van der Waals surface area contributed by atoms with Crippen LogP contribution in [0.4, 0.5) is 0 Å². The molecule has 1 heterocycles. The molecule has 0 spiro atoms. The number of hydrogen-bond acceptors (Lipinski definition) is 2. The number of hydrogen-bond donors (Lipinski definition) is 1. The molecule has 32 heavy (non-hydrogen) atoms. The molecule has 0 bridgehead atoms. The van der Waals surface area contributed by atoms with Crippen LogP contribution in [0.15, 0.2) is 121 Å². The van der Waals surface area contributed by atoms with Crippen LogP contribution in [0.3, 0.4) is 0 Å². The second-order valence-electron chi connectivity index (χ2n) is 6.96. The van der Waals surface area contributed by atoms with Crippen molar-refractivity contribution in [2.45, 2.75) is 12.0 Å². The molecule has 0 aliphatic rings. The molecule has 0 aliphatic carbocycles. The zero-order valence-electron chi connectivity index (χ0n) is 17.2. The molecular formula is C25H22Cl3N2OZr. The van der Waals surface area contributed by atoms with Gasteiger partial charge in [0.15, 0.2) is 0 Å². The van der Waals surface area contributed by atoms with Gasteiger partial charge in [-0.25, -0.2) is 4.68 Å². The van der Waals surface area contributed by atoms with Gasteiger partial charge in [-0.05, 0) is 28.8 Å². The monoisotopic (exact) mass is 561 g/mol. The van der Waals surface area contributed by atoms with Gasteiger partial charge < -0.3 is 5.11 Å².